The van der Waals surface area contributed by atoms with E-state index in [2.05, 4.69) is 46.3 Å². The first-order chi connectivity index (χ1) is 12.8. The van der Waals surface area contributed by atoms with Crippen LogP contribution in [-0.2, 0) is 4.79 Å². The van der Waals surface area contributed by atoms with Crippen molar-refractivity contribution in [3.05, 3.63) is 65.1 Å². The molecule has 2 aliphatic heterocycles. The van der Waals surface area contributed by atoms with E-state index in [9.17, 15) is 4.79 Å². The first-order valence-electron chi connectivity index (χ1n) is 9.23. The summed E-state index contributed by atoms with van der Waals surface area (Å²) in [6.45, 7) is 2.02. The lowest BCUT2D eigenvalue weighted by molar-refractivity contribution is -0.113. The SMILES string of the molecule is O=C1N=C(N2CCCCCC2)S/C1=C/c1ccc(-c2ccccc2)cc1. The van der Waals surface area contributed by atoms with Crippen LogP contribution in [0.15, 0.2) is 64.5 Å². The molecular weight excluding hydrogens is 340 g/mol. The number of thioether (sulfide) groups is 1. The Morgan fingerprint density at radius 1 is 0.846 bits per heavy atom. The molecular formula is C22H22N2OS. The zero-order chi connectivity index (χ0) is 17.8. The normalized spacial score (nSPS) is 19.5. The van der Waals surface area contributed by atoms with Gasteiger partial charge in [0.2, 0.25) is 0 Å². The summed E-state index contributed by atoms with van der Waals surface area (Å²) in [7, 11) is 0. The highest BCUT2D eigenvalue weighted by atomic mass is 32.2. The van der Waals surface area contributed by atoms with Crippen LogP contribution in [-0.4, -0.2) is 29.1 Å². The summed E-state index contributed by atoms with van der Waals surface area (Å²) in [6, 6.07) is 18.6. The summed E-state index contributed by atoms with van der Waals surface area (Å²) < 4.78 is 0. The van der Waals surface area contributed by atoms with Crippen molar-refractivity contribution in [2.75, 3.05) is 13.1 Å². The molecule has 0 aromatic heterocycles. The zero-order valence-electron chi connectivity index (χ0n) is 14.7. The molecule has 1 fully saturated rings. The molecule has 0 atom stereocenters. The molecule has 2 aliphatic rings. The van der Waals surface area contributed by atoms with Crippen molar-refractivity contribution in [3.8, 4) is 11.1 Å². The number of rotatable bonds is 2. The number of hydrogen-bond donors (Lipinski definition) is 0. The van der Waals surface area contributed by atoms with Crippen molar-refractivity contribution in [3.63, 3.8) is 0 Å². The number of aliphatic imine (C=N–C) groups is 1. The van der Waals surface area contributed by atoms with Crippen molar-refractivity contribution in [2.45, 2.75) is 25.7 Å². The van der Waals surface area contributed by atoms with E-state index in [0.29, 0.717) is 0 Å². The molecule has 132 valence electrons. The van der Waals surface area contributed by atoms with Gasteiger partial charge in [0.1, 0.15) is 0 Å². The van der Waals surface area contributed by atoms with E-state index in [-0.39, 0.29) is 5.91 Å². The topological polar surface area (TPSA) is 32.7 Å². The average molecular weight is 362 g/mol. The van der Waals surface area contributed by atoms with E-state index < -0.39 is 0 Å². The van der Waals surface area contributed by atoms with Crippen molar-refractivity contribution in [2.24, 2.45) is 4.99 Å². The molecule has 2 heterocycles. The quantitative estimate of drug-likeness (QED) is 0.688. The maximum Gasteiger partial charge on any atom is 0.286 e. The van der Waals surface area contributed by atoms with Crippen LogP contribution in [0.1, 0.15) is 31.2 Å². The highest BCUT2D eigenvalue weighted by Gasteiger charge is 2.26. The standard InChI is InChI=1S/C22H22N2OS/c25-21-20(26-22(23-21)24-14-6-1-2-7-15-24)16-17-10-12-19(13-11-17)18-8-4-3-5-9-18/h3-5,8-13,16H,1-2,6-7,14-15H2/b20-16+. The maximum atomic E-state index is 12.3. The molecule has 2 aromatic rings. The molecule has 0 spiro atoms. The molecule has 0 unspecified atom stereocenters. The van der Waals surface area contributed by atoms with Gasteiger partial charge in [-0.15, -0.1) is 0 Å². The Hall–Kier alpha value is -2.33. The molecule has 26 heavy (non-hydrogen) atoms. The Bertz CT molecular complexity index is 832. The number of carbonyl (C=O) groups is 1. The van der Waals surface area contributed by atoms with Crippen molar-refractivity contribution < 1.29 is 4.79 Å². The van der Waals surface area contributed by atoms with Gasteiger partial charge in [-0.3, -0.25) is 4.79 Å². The predicted octanol–water partition coefficient (Wildman–Crippen LogP) is 5.20. The van der Waals surface area contributed by atoms with Crippen molar-refractivity contribution >= 4 is 28.9 Å². The van der Waals surface area contributed by atoms with Gasteiger partial charge in [-0.05, 0) is 47.4 Å². The first kappa shape index (κ1) is 17.1. The fourth-order valence-electron chi connectivity index (χ4n) is 3.35. The van der Waals surface area contributed by atoms with Crippen LogP contribution in [0.3, 0.4) is 0 Å². The smallest absolute Gasteiger partial charge is 0.286 e. The summed E-state index contributed by atoms with van der Waals surface area (Å²) in [5, 5.41) is 0.879. The predicted molar refractivity (Wildman–Crippen MR) is 110 cm³/mol. The van der Waals surface area contributed by atoms with Gasteiger partial charge in [0.15, 0.2) is 5.17 Å². The van der Waals surface area contributed by atoms with Gasteiger partial charge in [0.25, 0.3) is 5.91 Å². The lowest BCUT2D eigenvalue weighted by atomic mass is 10.0. The van der Waals surface area contributed by atoms with E-state index in [1.165, 1.54) is 48.6 Å². The second kappa shape index (κ2) is 7.92. The van der Waals surface area contributed by atoms with E-state index in [1.54, 1.807) is 0 Å². The minimum atomic E-state index is -0.110. The number of amidine groups is 1. The van der Waals surface area contributed by atoms with E-state index in [0.717, 1.165) is 28.7 Å². The van der Waals surface area contributed by atoms with Crippen LogP contribution >= 0.6 is 11.8 Å². The maximum absolute atomic E-state index is 12.3. The molecule has 4 heteroatoms. The van der Waals surface area contributed by atoms with Crippen LogP contribution in [0.2, 0.25) is 0 Å². The van der Waals surface area contributed by atoms with Gasteiger partial charge >= 0.3 is 0 Å². The van der Waals surface area contributed by atoms with Gasteiger partial charge in [-0.2, -0.15) is 4.99 Å². The Morgan fingerprint density at radius 2 is 1.50 bits per heavy atom. The summed E-state index contributed by atoms with van der Waals surface area (Å²) in [5.41, 5.74) is 3.41. The van der Waals surface area contributed by atoms with Gasteiger partial charge in [0.05, 0.1) is 4.91 Å². The molecule has 1 amide bonds. The number of nitrogens with zero attached hydrogens (tertiary/aromatic N) is 2. The van der Waals surface area contributed by atoms with E-state index in [4.69, 9.17) is 0 Å². The number of amides is 1. The third kappa shape index (κ3) is 3.91. The fraction of sp³-hybridized carbons (Fsp3) is 0.273. The Morgan fingerprint density at radius 3 is 2.19 bits per heavy atom. The lowest BCUT2D eigenvalue weighted by Crippen LogP contribution is -2.28. The minimum absolute atomic E-state index is 0.110. The Labute approximate surface area is 158 Å². The number of hydrogen-bond acceptors (Lipinski definition) is 3. The average Bonchev–Trinajstić information content (AvgIpc) is 2.88. The third-order valence-electron chi connectivity index (χ3n) is 4.80. The molecule has 1 saturated heterocycles. The third-order valence-corrected chi connectivity index (χ3v) is 5.85. The van der Waals surface area contributed by atoms with Gasteiger partial charge in [0, 0.05) is 13.1 Å². The molecule has 0 saturated carbocycles. The highest BCUT2D eigenvalue weighted by molar-refractivity contribution is 8.18. The monoisotopic (exact) mass is 362 g/mol. The summed E-state index contributed by atoms with van der Waals surface area (Å²) in [4.78, 5) is 19.6. The van der Waals surface area contributed by atoms with Crippen LogP contribution in [0.4, 0.5) is 0 Å². The molecule has 3 nitrogen and oxygen atoms in total. The molecule has 0 radical (unpaired) electrons. The molecule has 2 aromatic carbocycles. The second-order valence-electron chi connectivity index (χ2n) is 6.70. The minimum Gasteiger partial charge on any atom is -0.351 e. The van der Waals surface area contributed by atoms with Crippen LogP contribution in [0.5, 0.6) is 0 Å². The molecule has 0 bridgehead atoms. The van der Waals surface area contributed by atoms with E-state index in [1.807, 2.05) is 24.3 Å². The lowest BCUT2D eigenvalue weighted by Gasteiger charge is -2.20. The van der Waals surface area contributed by atoms with Gasteiger partial charge in [-0.1, -0.05) is 67.4 Å². The summed E-state index contributed by atoms with van der Waals surface area (Å²) >= 11 is 1.52. The number of carbonyl (C=O) groups excluding carboxylic acids is 1. The summed E-state index contributed by atoms with van der Waals surface area (Å²) in [6.07, 6.45) is 6.88. The van der Waals surface area contributed by atoms with Crippen molar-refractivity contribution in [1.82, 2.24) is 4.90 Å². The zero-order valence-corrected chi connectivity index (χ0v) is 15.5. The van der Waals surface area contributed by atoms with Crippen LogP contribution < -0.4 is 0 Å². The Kier molecular flexibility index (Phi) is 5.21. The Balaban J connectivity index is 1.48. The molecule has 0 aliphatic carbocycles. The van der Waals surface area contributed by atoms with Crippen molar-refractivity contribution in [1.29, 1.82) is 0 Å². The molecule has 4 rings (SSSR count). The summed E-state index contributed by atoms with van der Waals surface area (Å²) in [5.74, 6) is -0.110. The van der Waals surface area contributed by atoms with Gasteiger partial charge < -0.3 is 4.90 Å². The van der Waals surface area contributed by atoms with Crippen LogP contribution in [0, 0.1) is 0 Å². The number of benzene rings is 2. The first-order valence-corrected chi connectivity index (χ1v) is 10.0. The largest absolute Gasteiger partial charge is 0.351 e. The van der Waals surface area contributed by atoms with Gasteiger partial charge in [-0.25, -0.2) is 0 Å². The molecule has 0 N–H and O–H groups in total. The highest BCUT2D eigenvalue weighted by Crippen LogP contribution is 2.31. The van der Waals surface area contributed by atoms with Crippen LogP contribution in [0.25, 0.3) is 17.2 Å². The fourth-order valence-corrected chi connectivity index (χ4v) is 4.31. The second-order valence-corrected chi connectivity index (χ2v) is 7.71. The number of likely N-dealkylation sites (tertiary alicyclic amines) is 1. The van der Waals surface area contributed by atoms with E-state index >= 15 is 0 Å².